The lowest BCUT2D eigenvalue weighted by Gasteiger charge is -2.21. The average molecular weight is 404 g/mol. The molecule has 4 heteroatoms. The van der Waals surface area contributed by atoms with E-state index in [0.717, 1.165) is 48.5 Å². The Balaban J connectivity index is 1.43. The van der Waals surface area contributed by atoms with Crippen molar-refractivity contribution >= 4 is 5.57 Å². The number of hydrogen-bond donors (Lipinski definition) is 1. The minimum atomic E-state index is 0.227. The molecule has 1 aliphatic carbocycles. The van der Waals surface area contributed by atoms with Gasteiger partial charge in [0.05, 0.1) is 12.3 Å². The fourth-order valence-corrected chi connectivity index (χ4v) is 4.00. The van der Waals surface area contributed by atoms with Gasteiger partial charge in [-0.15, -0.1) is 0 Å². The van der Waals surface area contributed by atoms with Crippen molar-refractivity contribution in [3.63, 3.8) is 0 Å². The number of ether oxygens (including phenoxy) is 1. The van der Waals surface area contributed by atoms with Gasteiger partial charge in [0.15, 0.2) is 0 Å². The number of hydrogen-bond acceptors (Lipinski definition) is 4. The lowest BCUT2D eigenvalue weighted by Crippen LogP contribution is -2.08. The minimum absolute atomic E-state index is 0.227. The Labute approximate surface area is 178 Å². The average Bonchev–Trinajstić information content (AvgIpc) is 3.13. The molecule has 1 heterocycles. The second-order valence-electron chi connectivity index (χ2n) is 7.86. The molecule has 2 aromatic carbocycles. The summed E-state index contributed by atoms with van der Waals surface area (Å²) in [5.41, 5.74) is 7.03. The number of oxazole rings is 1. The smallest absolute Gasteiger partial charge is 0.226 e. The quantitative estimate of drug-likeness (QED) is 0.525. The Kier molecular flexibility index (Phi) is 6.34. The van der Waals surface area contributed by atoms with Crippen molar-refractivity contribution in [2.45, 2.75) is 46.0 Å². The normalized spacial score (nSPS) is 13.1. The number of aryl methyl sites for hydroxylation is 2. The first kappa shape index (κ1) is 20.4. The van der Waals surface area contributed by atoms with Crippen molar-refractivity contribution in [1.29, 1.82) is 0 Å². The van der Waals surface area contributed by atoms with E-state index in [1.165, 1.54) is 22.3 Å². The molecule has 0 saturated carbocycles. The predicted octanol–water partition coefficient (Wildman–Crippen LogP) is 5.68. The second-order valence-corrected chi connectivity index (χ2v) is 7.86. The van der Waals surface area contributed by atoms with Gasteiger partial charge in [-0.3, -0.25) is 0 Å². The summed E-state index contributed by atoms with van der Waals surface area (Å²) in [7, 11) is 0. The van der Waals surface area contributed by atoms with Gasteiger partial charge in [0.25, 0.3) is 0 Å². The van der Waals surface area contributed by atoms with Crippen LogP contribution in [0, 0.1) is 13.8 Å². The van der Waals surface area contributed by atoms with Crippen LogP contribution in [0.25, 0.3) is 17.0 Å². The molecule has 1 aliphatic rings. The summed E-state index contributed by atoms with van der Waals surface area (Å²) in [6.45, 7) is 4.82. The van der Waals surface area contributed by atoms with Crippen molar-refractivity contribution in [3.8, 4) is 17.2 Å². The molecule has 0 radical (unpaired) electrons. The molecule has 156 valence electrons. The van der Waals surface area contributed by atoms with Crippen LogP contribution in [-0.2, 0) is 12.8 Å². The lowest BCUT2D eigenvalue weighted by molar-refractivity contribution is 0.290. The number of aromatic nitrogens is 1. The van der Waals surface area contributed by atoms with Crippen LogP contribution in [0.1, 0.15) is 47.4 Å². The van der Waals surface area contributed by atoms with E-state index in [2.05, 4.69) is 43.3 Å². The van der Waals surface area contributed by atoms with Gasteiger partial charge in [0.2, 0.25) is 5.89 Å². The molecule has 0 atom stereocenters. The topological polar surface area (TPSA) is 55.5 Å². The number of aliphatic hydroxyl groups excluding tert-OH is 1. The Morgan fingerprint density at radius 3 is 2.70 bits per heavy atom. The van der Waals surface area contributed by atoms with Gasteiger partial charge >= 0.3 is 0 Å². The van der Waals surface area contributed by atoms with Gasteiger partial charge < -0.3 is 14.3 Å². The third kappa shape index (κ3) is 4.49. The Hall–Kier alpha value is -2.85. The van der Waals surface area contributed by atoms with E-state index >= 15 is 0 Å². The van der Waals surface area contributed by atoms with Crippen LogP contribution in [0.5, 0.6) is 5.75 Å². The molecule has 0 saturated heterocycles. The molecule has 30 heavy (non-hydrogen) atoms. The van der Waals surface area contributed by atoms with Gasteiger partial charge in [-0.2, -0.15) is 0 Å². The third-order valence-electron chi connectivity index (χ3n) is 5.66. The van der Waals surface area contributed by atoms with Crippen LogP contribution < -0.4 is 4.74 Å². The van der Waals surface area contributed by atoms with Gasteiger partial charge in [0.1, 0.15) is 11.5 Å². The molecule has 0 spiro atoms. The molecule has 4 rings (SSSR count). The predicted molar refractivity (Wildman–Crippen MR) is 120 cm³/mol. The molecule has 0 aliphatic heterocycles. The molecular weight excluding hydrogens is 374 g/mol. The molecule has 4 nitrogen and oxygen atoms in total. The first-order chi connectivity index (χ1) is 14.7. The van der Waals surface area contributed by atoms with E-state index in [-0.39, 0.29) is 6.61 Å². The highest BCUT2D eigenvalue weighted by Crippen LogP contribution is 2.35. The van der Waals surface area contributed by atoms with Crippen LogP contribution in [-0.4, -0.2) is 23.3 Å². The summed E-state index contributed by atoms with van der Waals surface area (Å²) in [6, 6.07) is 14.5. The van der Waals surface area contributed by atoms with Gasteiger partial charge in [-0.25, -0.2) is 4.98 Å². The SMILES string of the molecule is Cc1ccc(-c2nc(CCOc3cccc4c3CCC=C4CCCO)c(C)o2)cc1. The monoisotopic (exact) mass is 403 g/mol. The van der Waals surface area contributed by atoms with E-state index < -0.39 is 0 Å². The van der Waals surface area contributed by atoms with E-state index in [1.54, 1.807) is 0 Å². The highest BCUT2D eigenvalue weighted by atomic mass is 16.5. The van der Waals surface area contributed by atoms with Crippen molar-refractivity contribution in [2.24, 2.45) is 0 Å². The number of fused-ring (bicyclic) bond motifs is 1. The zero-order valence-electron chi connectivity index (χ0n) is 17.8. The first-order valence-electron chi connectivity index (χ1n) is 10.7. The van der Waals surface area contributed by atoms with Gasteiger partial charge in [0, 0.05) is 24.2 Å². The molecule has 1 N–H and O–H groups in total. The van der Waals surface area contributed by atoms with Gasteiger partial charge in [-0.1, -0.05) is 35.9 Å². The zero-order valence-corrected chi connectivity index (χ0v) is 17.8. The van der Waals surface area contributed by atoms with E-state index in [4.69, 9.17) is 19.2 Å². The van der Waals surface area contributed by atoms with E-state index in [9.17, 15) is 0 Å². The van der Waals surface area contributed by atoms with Crippen LogP contribution in [0.4, 0.5) is 0 Å². The molecule has 0 amide bonds. The Morgan fingerprint density at radius 2 is 1.90 bits per heavy atom. The van der Waals surface area contributed by atoms with Crippen molar-refractivity contribution in [3.05, 3.63) is 76.7 Å². The van der Waals surface area contributed by atoms with E-state index in [0.29, 0.717) is 18.9 Å². The number of nitrogens with zero attached hydrogens (tertiary/aromatic N) is 1. The molecule has 0 fully saturated rings. The van der Waals surface area contributed by atoms with Gasteiger partial charge in [-0.05, 0) is 68.9 Å². The number of aliphatic hydroxyl groups is 1. The van der Waals surface area contributed by atoms with Crippen LogP contribution in [0.15, 0.2) is 53.0 Å². The summed E-state index contributed by atoms with van der Waals surface area (Å²) in [4.78, 5) is 4.69. The van der Waals surface area contributed by atoms with Crippen molar-refractivity contribution in [2.75, 3.05) is 13.2 Å². The standard InChI is InChI=1S/C26H29NO3/c1-18-11-13-21(14-12-18)26-27-24(19(2)30-26)15-17-29-25-10-4-8-22-20(7-5-16-28)6-3-9-23(22)25/h4,6,8,10-14,28H,3,5,7,9,15-17H2,1-2H3. The molecule has 0 bridgehead atoms. The molecule has 3 aromatic rings. The number of benzene rings is 2. The summed E-state index contributed by atoms with van der Waals surface area (Å²) >= 11 is 0. The van der Waals surface area contributed by atoms with Crippen molar-refractivity contribution < 1.29 is 14.3 Å². The lowest BCUT2D eigenvalue weighted by atomic mass is 9.88. The minimum Gasteiger partial charge on any atom is -0.493 e. The van der Waals surface area contributed by atoms with Crippen molar-refractivity contribution in [1.82, 2.24) is 4.98 Å². The Morgan fingerprint density at radius 1 is 1.07 bits per heavy atom. The second kappa shape index (κ2) is 9.31. The van der Waals surface area contributed by atoms with Crippen LogP contribution >= 0.6 is 0 Å². The molecule has 1 aromatic heterocycles. The number of allylic oxidation sites excluding steroid dienone is 2. The van der Waals surface area contributed by atoms with E-state index in [1.807, 2.05) is 19.1 Å². The maximum absolute atomic E-state index is 9.17. The molecular formula is C26H29NO3. The fraction of sp³-hybridized carbons (Fsp3) is 0.346. The summed E-state index contributed by atoms with van der Waals surface area (Å²) in [6.07, 6.45) is 6.73. The highest BCUT2D eigenvalue weighted by molar-refractivity contribution is 5.72. The van der Waals surface area contributed by atoms with Crippen LogP contribution in [0.2, 0.25) is 0 Å². The Bertz CT molecular complexity index is 1030. The fourth-order valence-electron chi connectivity index (χ4n) is 4.00. The maximum atomic E-state index is 9.17. The summed E-state index contributed by atoms with van der Waals surface area (Å²) in [5, 5.41) is 9.17. The number of rotatable bonds is 8. The highest BCUT2D eigenvalue weighted by Gasteiger charge is 2.17. The zero-order chi connectivity index (χ0) is 20.9. The molecule has 0 unspecified atom stereocenters. The first-order valence-corrected chi connectivity index (χ1v) is 10.7. The summed E-state index contributed by atoms with van der Waals surface area (Å²) in [5.74, 6) is 2.47. The van der Waals surface area contributed by atoms with Crippen LogP contribution in [0.3, 0.4) is 0 Å². The third-order valence-corrected chi connectivity index (χ3v) is 5.66. The largest absolute Gasteiger partial charge is 0.493 e. The maximum Gasteiger partial charge on any atom is 0.226 e. The summed E-state index contributed by atoms with van der Waals surface area (Å²) < 4.78 is 12.1.